The fourth-order valence-corrected chi connectivity index (χ4v) is 3.57. The van der Waals surface area contributed by atoms with E-state index in [4.69, 9.17) is 0 Å². The number of halogens is 1. The molecule has 0 saturated carbocycles. The van der Waals surface area contributed by atoms with Gasteiger partial charge in [0.15, 0.2) is 0 Å². The van der Waals surface area contributed by atoms with Gasteiger partial charge in [0.1, 0.15) is 5.82 Å². The Bertz CT molecular complexity index is 886. The van der Waals surface area contributed by atoms with Crippen molar-refractivity contribution < 1.29 is 9.18 Å². The molecule has 3 aromatic rings. The first-order valence-electron chi connectivity index (χ1n) is 8.32. The molecule has 0 bridgehead atoms. The van der Waals surface area contributed by atoms with E-state index in [0.29, 0.717) is 16.9 Å². The zero-order valence-corrected chi connectivity index (χ0v) is 15.2. The average Bonchev–Trinajstić information content (AvgIpc) is 2.68. The highest BCUT2D eigenvalue weighted by atomic mass is 32.2. The molecule has 0 radical (unpaired) electrons. The molecule has 0 aliphatic rings. The summed E-state index contributed by atoms with van der Waals surface area (Å²) in [5.41, 5.74) is 2.00. The molecule has 1 N–H and O–H groups in total. The van der Waals surface area contributed by atoms with E-state index in [1.807, 2.05) is 49.4 Å². The van der Waals surface area contributed by atoms with Crippen LogP contribution in [0, 0.1) is 5.82 Å². The molecule has 3 rings (SSSR count). The van der Waals surface area contributed by atoms with Gasteiger partial charge in [0.25, 0.3) is 5.91 Å². The maximum absolute atomic E-state index is 13.8. The highest BCUT2D eigenvalue weighted by Crippen LogP contribution is 2.27. The summed E-state index contributed by atoms with van der Waals surface area (Å²) in [6.07, 6.45) is 1.70. The number of amides is 1. The summed E-state index contributed by atoms with van der Waals surface area (Å²) in [5, 5.41) is 2.97. The molecular formula is C21H19FN2OS. The van der Waals surface area contributed by atoms with Gasteiger partial charge in [0.05, 0.1) is 17.3 Å². The maximum atomic E-state index is 13.8. The van der Waals surface area contributed by atoms with E-state index in [2.05, 4.69) is 10.3 Å². The van der Waals surface area contributed by atoms with Crippen LogP contribution >= 0.6 is 11.8 Å². The van der Waals surface area contributed by atoms with Crippen LogP contribution in [0.5, 0.6) is 0 Å². The zero-order chi connectivity index (χ0) is 18.4. The van der Waals surface area contributed by atoms with Crippen LogP contribution in [-0.2, 0) is 5.75 Å². The van der Waals surface area contributed by atoms with Crippen LogP contribution in [0.1, 0.15) is 34.6 Å². The Morgan fingerprint density at radius 1 is 1.08 bits per heavy atom. The molecule has 0 aliphatic carbocycles. The number of aromatic nitrogens is 1. The van der Waals surface area contributed by atoms with Gasteiger partial charge in [-0.2, -0.15) is 0 Å². The zero-order valence-electron chi connectivity index (χ0n) is 14.4. The van der Waals surface area contributed by atoms with Gasteiger partial charge in [-0.15, -0.1) is 11.8 Å². The first-order chi connectivity index (χ1) is 12.6. The normalized spacial score (nSPS) is 11.8. The van der Waals surface area contributed by atoms with E-state index < -0.39 is 0 Å². The standard InChI is InChI=1S/C21H19FN2OS/c1-15(19-11-6-7-13-23-19)24-21(25)17-9-3-5-12-20(17)26-14-16-8-2-4-10-18(16)22/h2-13,15H,14H2,1H3,(H,24,25)/t15-/m1/s1. The second-order valence-corrected chi connectivity index (χ2v) is 6.84. The van der Waals surface area contributed by atoms with Crippen molar-refractivity contribution in [1.29, 1.82) is 0 Å². The van der Waals surface area contributed by atoms with E-state index in [9.17, 15) is 9.18 Å². The Morgan fingerprint density at radius 2 is 1.81 bits per heavy atom. The molecule has 0 fully saturated rings. The van der Waals surface area contributed by atoms with Crippen molar-refractivity contribution >= 4 is 17.7 Å². The van der Waals surface area contributed by atoms with E-state index >= 15 is 0 Å². The smallest absolute Gasteiger partial charge is 0.252 e. The molecule has 1 atom stereocenters. The molecule has 132 valence electrons. The van der Waals surface area contributed by atoms with Crippen molar-refractivity contribution in [3.63, 3.8) is 0 Å². The Labute approximate surface area is 156 Å². The van der Waals surface area contributed by atoms with Crippen molar-refractivity contribution in [2.24, 2.45) is 0 Å². The molecule has 1 amide bonds. The fourth-order valence-electron chi connectivity index (χ4n) is 2.53. The molecule has 1 heterocycles. The van der Waals surface area contributed by atoms with Crippen LogP contribution in [-0.4, -0.2) is 10.9 Å². The summed E-state index contributed by atoms with van der Waals surface area (Å²) in [7, 11) is 0. The van der Waals surface area contributed by atoms with Gasteiger partial charge in [-0.1, -0.05) is 36.4 Å². The quantitative estimate of drug-likeness (QED) is 0.624. The summed E-state index contributed by atoms with van der Waals surface area (Å²) in [6.45, 7) is 1.90. The molecule has 0 aliphatic heterocycles. The lowest BCUT2D eigenvalue weighted by molar-refractivity contribution is 0.0936. The number of rotatable bonds is 6. The lowest BCUT2D eigenvalue weighted by Crippen LogP contribution is -2.27. The number of carbonyl (C=O) groups excluding carboxylic acids is 1. The fraction of sp³-hybridized carbons (Fsp3) is 0.143. The van der Waals surface area contributed by atoms with E-state index in [-0.39, 0.29) is 17.8 Å². The molecule has 3 nitrogen and oxygen atoms in total. The van der Waals surface area contributed by atoms with Crippen molar-refractivity contribution in [1.82, 2.24) is 10.3 Å². The van der Waals surface area contributed by atoms with Crippen molar-refractivity contribution in [3.8, 4) is 0 Å². The van der Waals surface area contributed by atoms with Crippen molar-refractivity contribution in [2.75, 3.05) is 0 Å². The average molecular weight is 366 g/mol. The minimum Gasteiger partial charge on any atom is -0.344 e. The number of hydrogen-bond donors (Lipinski definition) is 1. The van der Waals surface area contributed by atoms with E-state index in [1.165, 1.54) is 17.8 Å². The molecular weight excluding hydrogens is 347 g/mol. The SMILES string of the molecule is C[C@@H](NC(=O)c1ccccc1SCc1ccccc1F)c1ccccn1. The monoisotopic (exact) mass is 366 g/mol. The Kier molecular flexibility index (Phi) is 6.02. The van der Waals surface area contributed by atoms with Gasteiger partial charge in [-0.3, -0.25) is 9.78 Å². The van der Waals surface area contributed by atoms with Crippen LogP contribution in [0.25, 0.3) is 0 Å². The largest absolute Gasteiger partial charge is 0.344 e. The number of thioether (sulfide) groups is 1. The predicted octanol–water partition coefficient (Wildman–Crippen LogP) is 5.00. The first-order valence-corrected chi connectivity index (χ1v) is 9.30. The highest BCUT2D eigenvalue weighted by Gasteiger charge is 2.15. The first kappa shape index (κ1) is 18.1. The van der Waals surface area contributed by atoms with E-state index in [0.717, 1.165) is 10.6 Å². The van der Waals surface area contributed by atoms with Gasteiger partial charge in [0, 0.05) is 16.8 Å². The topological polar surface area (TPSA) is 42.0 Å². The number of pyridine rings is 1. The van der Waals surface area contributed by atoms with Crippen LogP contribution < -0.4 is 5.32 Å². The summed E-state index contributed by atoms with van der Waals surface area (Å²) < 4.78 is 13.8. The summed E-state index contributed by atoms with van der Waals surface area (Å²) in [6, 6.07) is 19.5. The molecule has 0 saturated heterocycles. The van der Waals surface area contributed by atoms with Gasteiger partial charge in [0.2, 0.25) is 0 Å². The Balaban J connectivity index is 1.72. The molecule has 0 spiro atoms. The summed E-state index contributed by atoms with van der Waals surface area (Å²) >= 11 is 1.45. The third kappa shape index (κ3) is 4.49. The van der Waals surface area contributed by atoms with Crippen LogP contribution in [0.3, 0.4) is 0 Å². The number of nitrogens with zero attached hydrogens (tertiary/aromatic N) is 1. The predicted molar refractivity (Wildman–Crippen MR) is 103 cm³/mol. The highest BCUT2D eigenvalue weighted by molar-refractivity contribution is 7.98. The van der Waals surface area contributed by atoms with E-state index in [1.54, 1.807) is 24.4 Å². The Hall–Kier alpha value is -2.66. The second-order valence-electron chi connectivity index (χ2n) is 5.83. The molecule has 26 heavy (non-hydrogen) atoms. The number of nitrogens with one attached hydrogen (secondary N) is 1. The van der Waals surface area contributed by atoms with Crippen LogP contribution in [0.2, 0.25) is 0 Å². The van der Waals surface area contributed by atoms with Crippen LogP contribution in [0.15, 0.2) is 77.8 Å². The van der Waals surface area contributed by atoms with Crippen molar-refractivity contribution in [2.45, 2.75) is 23.6 Å². The van der Waals surface area contributed by atoms with Gasteiger partial charge < -0.3 is 5.32 Å². The molecule has 5 heteroatoms. The molecule has 0 unspecified atom stereocenters. The van der Waals surface area contributed by atoms with Gasteiger partial charge in [-0.05, 0) is 42.8 Å². The minimum atomic E-state index is -0.231. The summed E-state index contributed by atoms with van der Waals surface area (Å²) in [4.78, 5) is 17.8. The number of benzene rings is 2. The Morgan fingerprint density at radius 3 is 2.58 bits per heavy atom. The number of hydrogen-bond acceptors (Lipinski definition) is 3. The lowest BCUT2D eigenvalue weighted by Gasteiger charge is -2.15. The molecule has 2 aromatic carbocycles. The maximum Gasteiger partial charge on any atom is 0.252 e. The second kappa shape index (κ2) is 8.63. The van der Waals surface area contributed by atoms with Gasteiger partial charge in [-0.25, -0.2) is 4.39 Å². The number of carbonyl (C=O) groups is 1. The lowest BCUT2D eigenvalue weighted by atomic mass is 10.1. The van der Waals surface area contributed by atoms with Crippen molar-refractivity contribution in [3.05, 3.63) is 95.6 Å². The summed E-state index contributed by atoms with van der Waals surface area (Å²) in [5.74, 6) is 0.0673. The third-order valence-electron chi connectivity index (χ3n) is 3.95. The molecule has 1 aromatic heterocycles. The third-order valence-corrected chi connectivity index (χ3v) is 5.07. The van der Waals surface area contributed by atoms with Crippen LogP contribution in [0.4, 0.5) is 4.39 Å². The minimum absolute atomic E-state index is 0.167. The van der Waals surface area contributed by atoms with Gasteiger partial charge >= 0.3 is 0 Å².